The second-order valence-electron chi connectivity index (χ2n) is 10.6. The zero-order valence-electron chi connectivity index (χ0n) is 21.9. The third-order valence-corrected chi connectivity index (χ3v) is 10.3. The van der Waals surface area contributed by atoms with E-state index in [4.69, 9.17) is 23.2 Å². The van der Waals surface area contributed by atoms with E-state index in [-0.39, 0.29) is 40.5 Å². The van der Waals surface area contributed by atoms with Crippen LogP contribution in [0, 0.1) is 5.92 Å². The van der Waals surface area contributed by atoms with Gasteiger partial charge in [0.15, 0.2) is 9.84 Å². The molecule has 1 aliphatic carbocycles. The van der Waals surface area contributed by atoms with Crippen molar-refractivity contribution in [2.45, 2.75) is 68.6 Å². The smallest absolute Gasteiger partial charge is 0.251 e. The number of rotatable bonds is 8. The highest BCUT2D eigenvalue weighted by atomic mass is 35.5. The van der Waals surface area contributed by atoms with Crippen molar-refractivity contribution in [3.63, 3.8) is 0 Å². The number of carbonyl (C=O) groups is 2. The van der Waals surface area contributed by atoms with Crippen molar-refractivity contribution in [2.24, 2.45) is 5.92 Å². The fraction of sp³-hybridized carbons (Fsp3) is 0.500. The number of amides is 2. The Morgan fingerprint density at radius 2 is 1.79 bits per heavy atom. The van der Waals surface area contributed by atoms with Gasteiger partial charge in [0.05, 0.1) is 10.6 Å². The van der Waals surface area contributed by atoms with Crippen LogP contribution in [0.4, 0.5) is 0 Å². The number of carbonyl (C=O) groups excluding carboxylic acids is 2. The van der Waals surface area contributed by atoms with Crippen LogP contribution in [0.5, 0.6) is 0 Å². The number of hydrogen-bond acceptors (Lipinski definition) is 5. The van der Waals surface area contributed by atoms with Crippen molar-refractivity contribution >= 4 is 44.9 Å². The van der Waals surface area contributed by atoms with Gasteiger partial charge in [0, 0.05) is 40.3 Å². The van der Waals surface area contributed by atoms with E-state index < -0.39 is 15.9 Å². The molecule has 2 aliphatic rings. The summed E-state index contributed by atoms with van der Waals surface area (Å²) in [5.41, 5.74) is 0.396. The monoisotopic (exact) mass is 579 g/mol. The van der Waals surface area contributed by atoms with E-state index in [1.54, 1.807) is 41.3 Å². The van der Waals surface area contributed by atoms with Crippen molar-refractivity contribution in [1.82, 2.24) is 15.1 Å². The molecular weight excluding hydrogens is 545 g/mol. The molecule has 0 unspecified atom stereocenters. The molecule has 2 fully saturated rings. The summed E-state index contributed by atoms with van der Waals surface area (Å²) in [4.78, 5) is 30.6. The molecule has 0 bridgehead atoms. The molecule has 10 heteroatoms. The number of nitrogens with zero attached hydrogens (tertiary/aromatic N) is 2. The van der Waals surface area contributed by atoms with Gasteiger partial charge in [0.2, 0.25) is 5.91 Å². The van der Waals surface area contributed by atoms with Crippen LogP contribution in [0.2, 0.25) is 10.0 Å². The van der Waals surface area contributed by atoms with Crippen molar-refractivity contribution in [3.05, 3.63) is 64.1 Å². The molecule has 2 aromatic carbocycles. The van der Waals surface area contributed by atoms with Crippen molar-refractivity contribution in [1.29, 1.82) is 0 Å². The molecule has 4 rings (SSSR count). The lowest BCUT2D eigenvalue weighted by Crippen LogP contribution is -2.53. The van der Waals surface area contributed by atoms with Crippen molar-refractivity contribution < 1.29 is 18.0 Å². The van der Waals surface area contributed by atoms with Crippen LogP contribution in [0.3, 0.4) is 0 Å². The molecule has 38 heavy (non-hydrogen) atoms. The van der Waals surface area contributed by atoms with Crippen molar-refractivity contribution in [3.8, 4) is 0 Å². The fourth-order valence-corrected chi connectivity index (χ4v) is 7.64. The topological polar surface area (TPSA) is 86.8 Å². The molecule has 1 saturated carbocycles. The highest BCUT2D eigenvalue weighted by Crippen LogP contribution is 2.36. The Bertz CT molecular complexity index is 1270. The standard InChI is InChI=1S/C28H35Cl2N3O4S/c1-18(2)32(3)23-9-12-26(20(16-23)17-38(36,37)24-10-7-21(29)8-11-24)33-14-13-25(28(33)35)31-27(34)19-5-4-6-22(30)15-19/h4-8,10-11,15,18,20,23,25-26H,9,12-14,16-17H2,1-3H3,(H,31,34)/t20-,23+,25-,26-/m0/s1. The summed E-state index contributed by atoms with van der Waals surface area (Å²) in [7, 11) is -1.52. The van der Waals surface area contributed by atoms with Gasteiger partial charge >= 0.3 is 0 Å². The quantitative estimate of drug-likeness (QED) is 0.491. The third-order valence-electron chi connectivity index (χ3n) is 7.94. The predicted molar refractivity (Wildman–Crippen MR) is 150 cm³/mol. The molecule has 2 amide bonds. The molecule has 1 saturated heterocycles. The number of benzene rings is 2. The minimum atomic E-state index is -3.60. The first kappa shape index (κ1) is 28.9. The first-order chi connectivity index (χ1) is 18.0. The molecule has 1 N–H and O–H groups in total. The second-order valence-corrected chi connectivity index (χ2v) is 13.6. The lowest BCUT2D eigenvalue weighted by molar-refractivity contribution is -0.133. The van der Waals surface area contributed by atoms with Crippen LogP contribution < -0.4 is 5.32 Å². The van der Waals surface area contributed by atoms with Gasteiger partial charge < -0.3 is 15.1 Å². The van der Waals surface area contributed by atoms with Gasteiger partial charge in [-0.25, -0.2) is 8.42 Å². The molecular formula is C28H35Cl2N3O4S. The predicted octanol–water partition coefficient (Wildman–Crippen LogP) is 4.68. The van der Waals surface area contributed by atoms with E-state index >= 15 is 0 Å². The van der Waals surface area contributed by atoms with Gasteiger partial charge in [-0.05, 0) is 95.0 Å². The normalized spacial score (nSPS) is 24.3. The summed E-state index contributed by atoms with van der Waals surface area (Å²) in [6.45, 7) is 4.73. The zero-order valence-corrected chi connectivity index (χ0v) is 24.3. The molecule has 1 heterocycles. The molecule has 0 radical (unpaired) electrons. The first-order valence-corrected chi connectivity index (χ1v) is 15.4. The largest absolute Gasteiger partial charge is 0.340 e. The third kappa shape index (κ3) is 6.53. The molecule has 206 valence electrons. The highest BCUT2D eigenvalue weighted by molar-refractivity contribution is 7.91. The second kappa shape index (κ2) is 11.9. The number of likely N-dealkylation sites (tertiary alicyclic amines) is 1. The van der Waals surface area contributed by atoms with E-state index in [1.807, 2.05) is 0 Å². The van der Waals surface area contributed by atoms with Crippen LogP contribution in [0.15, 0.2) is 53.4 Å². The van der Waals surface area contributed by atoms with Crippen molar-refractivity contribution in [2.75, 3.05) is 19.3 Å². The molecule has 0 spiro atoms. The van der Waals surface area contributed by atoms with Crippen LogP contribution in [0.25, 0.3) is 0 Å². The molecule has 0 aromatic heterocycles. The van der Waals surface area contributed by atoms with Crippen LogP contribution in [-0.4, -0.2) is 73.5 Å². The van der Waals surface area contributed by atoms with Gasteiger partial charge in [-0.2, -0.15) is 0 Å². The molecule has 1 aliphatic heterocycles. The Morgan fingerprint density at radius 3 is 2.45 bits per heavy atom. The van der Waals surface area contributed by atoms with Gasteiger partial charge in [0.1, 0.15) is 6.04 Å². The summed E-state index contributed by atoms with van der Waals surface area (Å²) >= 11 is 12.0. The van der Waals surface area contributed by atoms with Gasteiger partial charge in [-0.3, -0.25) is 9.59 Å². The van der Waals surface area contributed by atoms with Crippen LogP contribution in [0.1, 0.15) is 49.9 Å². The zero-order chi connectivity index (χ0) is 27.6. The minimum Gasteiger partial charge on any atom is -0.340 e. The maximum Gasteiger partial charge on any atom is 0.251 e. The van der Waals surface area contributed by atoms with E-state index in [0.29, 0.717) is 47.5 Å². The molecule has 4 atom stereocenters. The van der Waals surface area contributed by atoms with Crippen LogP contribution in [-0.2, 0) is 14.6 Å². The maximum atomic E-state index is 13.5. The Kier molecular flexibility index (Phi) is 9.07. The summed E-state index contributed by atoms with van der Waals surface area (Å²) in [5.74, 6) is -0.792. The SMILES string of the molecule is CC(C)N(C)[C@@H]1CC[C@H](N2CC[C@H](NC(=O)c3cccc(Cl)c3)C2=O)[C@H](CS(=O)(=O)c2ccc(Cl)cc2)C1. The molecule has 2 aromatic rings. The average Bonchev–Trinajstić information content (AvgIpc) is 3.23. The Morgan fingerprint density at radius 1 is 1.08 bits per heavy atom. The number of halogens is 2. The fourth-order valence-electron chi connectivity index (χ4n) is 5.66. The maximum absolute atomic E-state index is 13.5. The number of hydrogen-bond donors (Lipinski definition) is 1. The Balaban J connectivity index is 1.53. The van der Waals surface area contributed by atoms with Gasteiger partial charge in [0.25, 0.3) is 5.91 Å². The molecule has 7 nitrogen and oxygen atoms in total. The number of sulfone groups is 1. The summed E-state index contributed by atoms with van der Waals surface area (Å²) in [5, 5.41) is 3.78. The van der Waals surface area contributed by atoms with Gasteiger partial charge in [-0.15, -0.1) is 0 Å². The Hall–Kier alpha value is -2.13. The van der Waals surface area contributed by atoms with E-state index in [0.717, 1.165) is 6.42 Å². The van der Waals surface area contributed by atoms with E-state index in [2.05, 4.69) is 31.1 Å². The van der Waals surface area contributed by atoms with E-state index in [9.17, 15) is 18.0 Å². The van der Waals surface area contributed by atoms with E-state index in [1.165, 1.54) is 12.1 Å². The number of nitrogens with one attached hydrogen (secondary N) is 1. The highest BCUT2D eigenvalue weighted by Gasteiger charge is 2.44. The Labute approximate surface area is 235 Å². The first-order valence-electron chi connectivity index (χ1n) is 13.0. The van der Waals surface area contributed by atoms with Gasteiger partial charge in [-0.1, -0.05) is 29.3 Å². The lowest BCUT2D eigenvalue weighted by Gasteiger charge is -2.44. The summed E-state index contributed by atoms with van der Waals surface area (Å²) < 4.78 is 26.9. The average molecular weight is 581 g/mol. The summed E-state index contributed by atoms with van der Waals surface area (Å²) in [6.07, 6.45) is 2.74. The minimum absolute atomic E-state index is 0.0505. The van der Waals surface area contributed by atoms with Crippen LogP contribution >= 0.6 is 23.2 Å². The lowest BCUT2D eigenvalue weighted by atomic mass is 9.81. The summed E-state index contributed by atoms with van der Waals surface area (Å²) in [6, 6.07) is 12.5.